The number of aromatic nitrogens is 1. The number of nitrogens with zero attached hydrogens (tertiary/aromatic N) is 1. The molecule has 1 aliphatic carbocycles. The average molecular weight is 256 g/mol. The second-order valence-electron chi connectivity index (χ2n) is 4.48. The number of hydrogen-bond acceptors (Lipinski definition) is 1. The van der Waals surface area contributed by atoms with Crippen LogP contribution in [-0.2, 0) is 6.54 Å². The molecule has 0 bridgehead atoms. The van der Waals surface area contributed by atoms with Gasteiger partial charge in [-0.15, -0.1) is 0 Å². The molecule has 1 aliphatic rings. The fraction of sp³-hybridized carbons (Fsp3) is 0.545. The Morgan fingerprint density at radius 1 is 1.50 bits per heavy atom. The predicted molar refractivity (Wildman–Crippen MR) is 60.4 cm³/mol. The van der Waals surface area contributed by atoms with Gasteiger partial charge in [0.2, 0.25) is 0 Å². The van der Waals surface area contributed by atoms with Gasteiger partial charge in [0.1, 0.15) is 0 Å². The van der Waals surface area contributed by atoms with E-state index in [2.05, 4.69) is 22.9 Å². The van der Waals surface area contributed by atoms with E-state index in [1.165, 1.54) is 19.3 Å². The first-order valence-corrected chi connectivity index (χ1v) is 5.74. The molecule has 0 saturated heterocycles. The van der Waals surface area contributed by atoms with E-state index in [1.807, 2.05) is 10.8 Å². The molecule has 0 aromatic carbocycles. The first-order valence-electron chi connectivity index (χ1n) is 4.95. The molecule has 0 unspecified atom stereocenters. The molecule has 1 heterocycles. The van der Waals surface area contributed by atoms with Gasteiger partial charge in [-0.2, -0.15) is 0 Å². The van der Waals surface area contributed by atoms with Crippen molar-refractivity contribution < 1.29 is 0 Å². The quantitative estimate of drug-likeness (QED) is 0.797. The summed E-state index contributed by atoms with van der Waals surface area (Å²) in [7, 11) is 0. The monoisotopic (exact) mass is 255 g/mol. The van der Waals surface area contributed by atoms with Crippen LogP contribution in [0.15, 0.2) is 27.6 Å². The largest absolute Gasteiger partial charge is 0.314 e. The van der Waals surface area contributed by atoms with Crippen molar-refractivity contribution in [3.05, 3.63) is 33.2 Å². The summed E-state index contributed by atoms with van der Waals surface area (Å²) in [6.45, 7) is 3.11. The summed E-state index contributed by atoms with van der Waals surface area (Å²) in [5.41, 5.74) is 0.450. The summed E-state index contributed by atoms with van der Waals surface area (Å²) >= 11 is 3.38. The maximum atomic E-state index is 11.5. The van der Waals surface area contributed by atoms with Gasteiger partial charge < -0.3 is 4.57 Å². The number of rotatable bonds is 2. The molecule has 0 amide bonds. The molecular weight excluding hydrogens is 242 g/mol. The van der Waals surface area contributed by atoms with E-state index in [1.54, 1.807) is 12.1 Å². The van der Waals surface area contributed by atoms with E-state index in [-0.39, 0.29) is 5.56 Å². The Labute approximate surface area is 92.1 Å². The molecule has 1 fully saturated rings. The third kappa shape index (κ3) is 1.92. The lowest BCUT2D eigenvalue weighted by Crippen LogP contribution is -2.34. The van der Waals surface area contributed by atoms with Crippen molar-refractivity contribution in [1.29, 1.82) is 0 Å². The van der Waals surface area contributed by atoms with Gasteiger partial charge in [0.15, 0.2) is 0 Å². The Morgan fingerprint density at radius 3 is 2.79 bits per heavy atom. The van der Waals surface area contributed by atoms with Crippen LogP contribution < -0.4 is 5.56 Å². The molecule has 1 aromatic rings. The minimum atomic E-state index is 0.0984. The molecule has 0 N–H and O–H groups in total. The summed E-state index contributed by atoms with van der Waals surface area (Å²) in [6, 6.07) is 3.41. The van der Waals surface area contributed by atoms with Crippen LogP contribution in [0.2, 0.25) is 0 Å². The van der Waals surface area contributed by atoms with E-state index in [4.69, 9.17) is 0 Å². The van der Waals surface area contributed by atoms with Crippen LogP contribution in [0.5, 0.6) is 0 Å². The lowest BCUT2D eigenvalue weighted by Gasteiger charge is -2.38. The van der Waals surface area contributed by atoms with Gasteiger partial charge in [0.05, 0.1) is 0 Å². The fourth-order valence-electron chi connectivity index (χ4n) is 1.98. The van der Waals surface area contributed by atoms with Crippen LogP contribution in [0, 0.1) is 5.41 Å². The van der Waals surface area contributed by atoms with Crippen molar-refractivity contribution in [3.8, 4) is 0 Å². The topological polar surface area (TPSA) is 22.0 Å². The second kappa shape index (κ2) is 3.54. The van der Waals surface area contributed by atoms with Gasteiger partial charge in [0, 0.05) is 23.3 Å². The Hall–Kier alpha value is -0.570. The zero-order valence-electron chi connectivity index (χ0n) is 8.29. The molecule has 0 aliphatic heterocycles. The number of halogens is 1. The van der Waals surface area contributed by atoms with Gasteiger partial charge in [-0.3, -0.25) is 4.79 Å². The Kier molecular flexibility index (Phi) is 2.52. The van der Waals surface area contributed by atoms with Crippen molar-refractivity contribution in [2.45, 2.75) is 32.7 Å². The van der Waals surface area contributed by atoms with Crippen LogP contribution in [0.25, 0.3) is 0 Å². The summed E-state index contributed by atoms with van der Waals surface area (Å²) in [4.78, 5) is 11.5. The van der Waals surface area contributed by atoms with Crippen molar-refractivity contribution in [2.75, 3.05) is 0 Å². The van der Waals surface area contributed by atoms with Gasteiger partial charge in [-0.05, 0) is 40.3 Å². The number of pyridine rings is 1. The van der Waals surface area contributed by atoms with Gasteiger partial charge in [-0.1, -0.05) is 13.3 Å². The molecule has 2 nitrogen and oxygen atoms in total. The standard InChI is InChI=1S/C11H14BrNO/c1-11(5-2-6-11)8-13-7-9(12)3-4-10(13)14/h3-4,7H,2,5-6,8H2,1H3. The van der Waals surface area contributed by atoms with E-state index in [0.717, 1.165) is 11.0 Å². The lowest BCUT2D eigenvalue weighted by atomic mass is 9.70. The Bertz CT molecular complexity index is 393. The average Bonchev–Trinajstić information content (AvgIpc) is 2.09. The molecule has 76 valence electrons. The summed E-state index contributed by atoms with van der Waals surface area (Å²) in [5.74, 6) is 0. The van der Waals surface area contributed by atoms with Crippen LogP contribution >= 0.6 is 15.9 Å². The second-order valence-corrected chi connectivity index (χ2v) is 5.39. The molecule has 1 saturated carbocycles. The third-order valence-corrected chi connectivity index (χ3v) is 3.53. The molecule has 2 rings (SSSR count). The van der Waals surface area contributed by atoms with Gasteiger partial charge >= 0.3 is 0 Å². The van der Waals surface area contributed by atoms with Gasteiger partial charge in [-0.25, -0.2) is 0 Å². The highest BCUT2D eigenvalue weighted by molar-refractivity contribution is 9.10. The Balaban J connectivity index is 2.23. The molecule has 0 atom stereocenters. The van der Waals surface area contributed by atoms with E-state index in [0.29, 0.717) is 5.41 Å². The molecule has 14 heavy (non-hydrogen) atoms. The summed E-state index contributed by atoms with van der Waals surface area (Å²) < 4.78 is 2.78. The maximum absolute atomic E-state index is 11.5. The Morgan fingerprint density at radius 2 is 2.21 bits per heavy atom. The highest BCUT2D eigenvalue weighted by Crippen LogP contribution is 2.41. The normalized spacial score (nSPS) is 19.0. The highest BCUT2D eigenvalue weighted by Gasteiger charge is 2.32. The van der Waals surface area contributed by atoms with Crippen LogP contribution in [0.4, 0.5) is 0 Å². The van der Waals surface area contributed by atoms with Gasteiger partial charge in [0.25, 0.3) is 5.56 Å². The van der Waals surface area contributed by atoms with Crippen molar-refractivity contribution in [2.24, 2.45) is 5.41 Å². The molecule has 1 aromatic heterocycles. The van der Waals surface area contributed by atoms with Crippen molar-refractivity contribution in [3.63, 3.8) is 0 Å². The molecular formula is C11H14BrNO. The van der Waals surface area contributed by atoms with E-state index in [9.17, 15) is 4.79 Å². The third-order valence-electron chi connectivity index (χ3n) is 3.06. The first kappa shape index (κ1) is 9.97. The van der Waals surface area contributed by atoms with E-state index >= 15 is 0 Å². The van der Waals surface area contributed by atoms with Crippen molar-refractivity contribution >= 4 is 15.9 Å². The maximum Gasteiger partial charge on any atom is 0.250 e. The van der Waals surface area contributed by atoms with E-state index < -0.39 is 0 Å². The summed E-state index contributed by atoms with van der Waals surface area (Å²) in [6.07, 6.45) is 5.67. The SMILES string of the molecule is CC1(Cn2cc(Br)ccc2=O)CCC1. The minimum Gasteiger partial charge on any atom is -0.314 e. The molecule has 0 radical (unpaired) electrons. The predicted octanol–water partition coefficient (Wildman–Crippen LogP) is 2.80. The van der Waals surface area contributed by atoms with Crippen LogP contribution in [0.3, 0.4) is 0 Å². The zero-order valence-corrected chi connectivity index (χ0v) is 9.88. The summed E-state index contributed by atoms with van der Waals surface area (Å²) in [5, 5.41) is 0. The van der Waals surface area contributed by atoms with Crippen LogP contribution in [0.1, 0.15) is 26.2 Å². The first-order chi connectivity index (χ1) is 6.59. The lowest BCUT2D eigenvalue weighted by molar-refractivity contribution is 0.130. The van der Waals surface area contributed by atoms with Crippen LogP contribution in [-0.4, -0.2) is 4.57 Å². The molecule has 3 heteroatoms. The number of hydrogen-bond donors (Lipinski definition) is 0. The molecule has 0 spiro atoms. The smallest absolute Gasteiger partial charge is 0.250 e. The fourth-order valence-corrected chi connectivity index (χ4v) is 2.35. The van der Waals surface area contributed by atoms with Crippen molar-refractivity contribution in [1.82, 2.24) is 4.57 Å². The highest BCUT2D eigenvalue weighted by atomic mass is 79.9. The minimum absolute atomic E-state index is 0.0984. The zero-order chi connectivity index (χ0) is 10.2.